The summed E-state index contributed by atoms with van der Waals surface area (Å²) in [5.74, 6) is 0.637. The lowest BCUT2D eigenvalue weighted by atomic mass is 9.96. The van der Waals surface area contributed by atoms with Crippen LogP contribution in [-0.2, 0) is 23.3 Å². The van der Waals surface area contributed by atoms with Crippen LogP contribution in [0.4, 0.5) is 0 Å². The second kappa shape index (κ2) is 11.8. The van der Waals surface area contributed by atoms with Gasteiger partial charge in [-0.05, 0) is 48.9 Å². The van der Waals surface area contributed by atoms with Gasteiger partial charge < -0.3 is 16.4 Å². The van der Waals surface area contributed by atoms with Crippen LogP contribution in [0, 0.1) is 5.92 Å². The summed E-state index contributed by atoms with van der Waals surface area (Å²) in [4.78, 5) is 18.3. The lowest BCUT2D eigenvalue weighted by molar-refractivity contribution is -0.123. The first-order valence-corrected chi connectivity index (χ1v) is 11.7. The summed E-state index contributed by atoms with van der Waals surface area (Å²) in [6.45, 7) is 4.25. The third-order valence-corrected chi connectivity index (χ3v) is 6.82. The Morgan fingerprint density at radius 3 is 2.58 bits per heavy atom. The first kappa shape index (κ1) is 25.5. The lowest BCUT2D eigenvalue weighted by Gasteiger charge is -2.31. The van der Waals surface area contributed by atoms with Gasteiger partial charge in [-0.1, -0.05) is 54.6 Å². The molecule has 1 amide bonds. The number of nitrogens with one attached hydrogen (secondary N) is 2. The average Bonchev–Trinajstić information content (AvgIpc) is 3.61. The summed E-state index contributed by atoms with van der Waals surface area (Å²) in [7, 11) is 1.82. The Bertz CT molecular complexity index is 945. The van der Waals surface area contributed by atoms with E-state index in [1.165, 1.54) is 29.5 Å². The van der Waals surface area contributed by atoms with E-state index in [1.54, 1.807) is 0 Å². The maximum atomic E-state index is 11.6. The Hall–Kier alpha value is -2.13. The highest BCUT2D eigenvalue weighted by Gasteiger charge is 2.44. The standard InChI is InChI=1S/C26H35N5O.HI/c1-28-25(30-19-26(12-13-26)23-10-3-2-4-11-23)29-16-20-7-5-8-21(15-20)17-31-14-6-9-22(18-31)24(27)32;/h2-5,7-8,10-11,15,22H,6,9,12-14,16-19H2,1H3,(H2,27,32)(H2,28,29,30);1H. The summed E-state index contributed by atoms with van der Waals surface area (Å²) >= 11 is 0. The van der Waals surface area contributed by atoms with Gasteiger partial charge in [0.25, 0.3) is 0 Å². The minimum absolute atomic E-state index is 0. The number of carbonyl (C=O) groups excluding carboxylic acids is 1. The maximum Gasteiger partial charge on any atom is 0.221 e. The maximum absolute atomic E-state index is 11.6. The number of rotatable bonds is 8. The van der Waals surface area contributed by atoms with Crippen molar-refractivity contribution in [2.45, 2.75) is 44.2 Å². The zero-order valence-corrected chi connectivity index (χ0v) is 21.8. The van der Waals surface area contributed by atoms with Crippen LogP contribution in [0.3, 0.4) is 0 Å². The molecule has 4 N–H and O–H groups in total. The van der Waals surface area contributed by atoms with E-state index in [4.69, 9.17) is 5.73 Å². The Morgan fingerprint density at radius 1 is 1.12 bits per heavy atom. The van der Waals surface area contributed by atoms with Crippen molar-refractivity contribution >= 4 is 35.8 Å². The van der Waals surface area contributed by atoms with Gasteiger partial charge >= 0.3 is 0 Å². The SMILES string of the molecule is CN=C(NCc1cccc(CN2CCCC(C(N)=O)C2)c1)NCC1(c2ccccc2)CC1.I. The normalized spacial score (nSPS) is 19.9. The Morgan fingerprint density at radius 2 is 1.88 bits per heavy atom. The highest BCUT2D eigenvalue weighted by Crippen LogP contribution is 2.47. The molecule has 2 aromatic rings. The summed E-state index contributed by atoms with van der Waals surface area (Å²) in [6, 6.07) is 19.4. The predicted molar refractivity (Wildman–Crippen MR) is 145 cm³/mol. The van der Waals surface area contributed by atoms with Crippen molar-refractivity contribution in [1.82, 2.24) is 15.5 Å². The topological polar surface area (TPSA) is 82.8 Å². The van der Waals surface area contributed by atoms with E-state index in [2.05, 4.69) is 75.1 Å². The molecule has 1 aliphatic carbocycles. The second-order valence-electron chi connectivity index (χ2n) is 9.22. The number of likely N-dealkylation sites (tertiary alicyclic amines) is 1. The largest absolute Gasteiger partial charge is 0.369 e. The molecule has 0 bridgehead atoms. The molecule has 2 aliphatic rings. The summed E-state index contributed by atoms with van der Waals surface area (Å²) < 4.78 is 0. The highest BCUT2D eigenvalue weighted by atomic mass is 127. The summed E-state index contributed by atoms with van der Waals surface area (Å²) in [5.41, 5.74) is 9.66. The number of halogens is 1. The van der Waals surface area contributed by atoms with E-state index in [0.717, 1.165) is 51.5 Å². The molecule has 2 aromatic carbocycles. The Labute approximate surface area is 214 Å². The zero-order chi connectivity index (χ0) is 22.4. The number of hydrogen-bond donors (Lipinski definition) is 3. The second-order valence-corrected chi connectivity index (χ2v) is 9.22. The van der Waals surface area contributed by atoms with E-state index in [1.807, 2.05) is 7.05 Å². The van der Waals surface area contributed by atoms with Crippen molar-refractivity contribution in [3.63, 3.8) is 0 Å². The molecule has 1 saturated heterocycles. The average molecular weight is 562 g/mol. The molecule has 1 aliphatic heterocycles. The molecule has 1 saturated carbocycles. The fourth-order valence-corrected chi connectivity index (χ4v) is 4.70. The number of benzene rings is 2. The molecule has 2 fully saturated rings. The van der Waals surface area contributed by atoms with Gasteiger partial charge in [0, 0.05) is 38.6 Å². The van der Waals surface area contributed by atoms with Crippen LogP contribution in [0.2, 0.25) is 0 Å². The first-order chi connectivity index (χ1) is 15.6. The van der Waals surface area contributed by atoms with Gasteiger partial charge in [-0.3, -0.25) is 14.7 Å². The van der Waals surface area contributed by atoms with E-state index in [0.29, 0.717) is 0 Å². The molecular weight excluding hydrogens is 525 g/mol. The number of amides is 1. The summed E-state index contributed by atoms with van der Waals surface area (Å²) in [6.07, 6.45) is 4.38. The van der Waals surface area contributed by atoms with Crippen molar-refractivity contribution in [2.75, 3.05) is 26.7 Å². The lowest BCUT2D eigenvalue weighted by Crippen LogP contribution is -2.41. The van der Waals surface area contributed by atoms with Crippen molar-refractivity contribution < 1.29 is 4.79 Å². The molecule has 33 heavy (non-hydrogen) atoms. The molecule has 1 atom stereocenters. The molecule has 4 rings (SSSR count). The van der Waals surface area contributed by atoms with Gasteiger partial charge in [-0.2, -0.15) is 0 Å². The number of nitrogens with two attached hydrogens (primary N) is 1. The van der Waals surface area contributed by atoms with Gasteiger partial charge in [0.05, 0.1) is 5.92 Å². The molecule has 0 spiro atoms. The first-order valence-electron chi connectivity index (χ1n) is 11.7. The van der Waals surface area contributed by atoms with Crippen molar-refractivity contribution in [1.29, 1.82) is 0 Å². The number of primary amides is 1. The van der Waals surface area contributed by atoms with Crippen LogP contribution in [-0.4, -0.2) is 43.4 Å². The van der Waals surface area contributed by atoms with E-state index >= 15 is 0 Å². The molecule has 0 aromatic heterocycles. The molecular formula is C26H36IN5O. The monoisotopic (exact) mass is 561 g/mol. The minimum atomic E-state index is -0.174. The third-order valence-electron chi connectivity index (χ3n) is 6.82. The number of hydrogen-bond acceptors (Lipinski definition) is 3. The van der Waals surface area contributed by atoms with Crippen molar-refractivity contribution in [2.24, 2.45) is 16.6 Å². The number of piperidine rings is 1. The van der Waals surface area contributed by atoms with Crippen LogP contribution >= 0.6 is 24.0 Å². The predicted octanol–water partition coefficient (Wildman–Crippen LogP) is 3.40. The van der Waals surface area contributed by atoms with E-state index in [9.17, 15) is 4.79 Å². The Kier molecular flexibility index (Phi) is 9.14. The molecule has 178 valence electrons. The van der Waals surface area contributed by atoms with Gasteiger partial charge in [-0.15, -0.1) is 24.0 Å². The van der Waals surface area contributed by atoms with Crippen molar-refractivity contribution in [3.05, 3.63) is 71.3 Å². The minimum Gasteiger partial charge on any atom is -0.369 e. The van der Waals surface area contributed by atoms with Gasteiger partial charge in [0.1, 0.15) is 0 Å². The molecule has 1 heterocycles. The van der Waals surface area contributed by atoms with Gasteiger partial charge in [-0.25, -0.2) is 0 Å². The number of guanidine groups is 1. The highest BCUT2D eigenvalue weighted by molar-refractivity contribution is 14.0. The number of nitrogens with zero attached hydrogens (tertiary/aromatic N) is 2. The van der Waals surface area contributed by atoms with Crippen LogP contribution in [0.1, 0.15) is 42.4 Å². The third kappa shape index (κ3) is 6.93. The van der Waals surface area contributed by atoms with Crippen LogP contribution < -0.4 is 16.4 Å². The molecule has 6 nitrogen and oxygen atoms in total. The fourth-order valence-electron chi connectivity index (χ4n) is 4.70. The number of aliphatic imine (C=N–C) groups is 1. The fraction of sp³-hybridized carbons (Fsp3) is 0.462. The van der Waals surface area contributed by atoms with Crippen molar-refractivity contribution in [3.8, 4) is 0 Å². The number of carbonyl (C=O) groups is 1. The van der Waals surface area contributed by atoms with Gasteiger partial charge in [0.15, 0.2) is 5.96 Å². The quantitative estimate of drug-likeness (QED) is 0.262. The van der Waals surface area contributed by atoms with E-state index in [-0.39, 0.29) is 41.2 Å². The van der Waals surface area contributed by atoms with Crippen LogP contribution in [0.15, 0.2) is 59.6 Å². The van der Waals surface area contributed by atoms with E-state index < -0.39 is 0 Å². The molecule has 0 radical (unpaired) electrons. The zero-order valence-electron chi connectivity index (χ0n) is 19.4. The summed E-state index contributed by atoms with van der Waals surface area (Å²) in [5, 5.41) is 6.98. The molecule has 7 heteroatoms. The smallest absolute Gasteiger partial charge is 0.221 e. The van der Waals surface area contributed by atoms with Gasteiger partial charge in [0.2, 0.25) is 5.91 Å². The van der Waals surface area contributed by atoms with Crippen LogP contribution in [0.5, 0.6) is 0 Å². The Balaban J connectivity index is 0.00000306. The van der Waals surface area contributed by atoms with Crippen LogP contribution in [0.25, 0.3) is 0 Å². The molecule has 1 unspecified atom stereocenters.